The van der Waals surface area contributed by atoms with E-state index >= 15 is 0 Å². The Kier molecular flexibility index (Phi) is 3.13. The summed E-state index contributed by atoms with van der Waals surface area (Å²) >= 11 is 0. The Bertz CT molecular complexity index is 177. The van der Waals surface area contributed by atoms with Gasteiger partial charge in [0, 0.05) is 6.61 Å². The molecule has 0 amide bonds. The van der Waals surface area contributed by atoms with E-state index in [1.54, 1.807) is 0 Å². The predicted octanol–water partition coefficient (Wildman–Crippen LogP) is 2.50. The number of rotatable bonds is 1. The molecule has 1 aliphatic heterocycles. The lowest BCUT2D eigenvalue weighted by Gasteiger charge is -2.44. The van der Waals surface area contributed by atoms with E-state index in [4.69, 9.17) is 4.74 Å². The molecule has 2 fully saturated rings. The first-order chi connectivity index (χ1) is 6.72. The van der Waals surface area contributed by atoms with Crippen LogP contribution in [0.15, 0.2) is 0 Å². The molecule has 2 aliphatic rings. The van der Waals surface area contributed by atoms with Gasteiger partial charge in [-0.05, 0) is 38.5 Å². The first kappa shape index (κ1) is 10.4. The lowest BCUT2D eigenvalue weighted by atomic mass is 9.75. The molecule has 2 unspecified atom stereocenters. The van der Waals surface area contributed by atoms with Gasteiger partial charge in [0.1, 0.15) is 0 Å². The molecule has 1 aliphatic carbocycles. The van der Waals surface area contributed by atoms with E-state index in [2.05, 4.69) is 0 Å². The van der Waals surface area contributed by atoms with Crippen molar-refractivity contribution in [2.75, 3.05) is 6.61 Å². The zero-order valence-corrected chi connectivity index (χ0v) is 9.17. The summed E-state index contributed by atoms with van der Waals surface area (Å²) in [5, 5.41) is 9.64. The summed E-state index contributed by atoms with van der Waals surface area (Å²) in [5.74, 6) is 0.474. The summed E-state index contributed by atoms with van der Waals surface area (Å²) in [6, 6.07) is 0. The van der Waals surface area contributed by atoms with Gasteiger partial charge in [-0.2, -0.15) is 0 Å². The molecule has 14 heavy (non-hydrogen) atoms. The second-order valence-electron chi connectivity index (χ2n) is 5.09. The summed E-state index contributed by atoms with van der Waals surface area (Å²) in [4.78, 5) is 0. The highest BCUT2D eigenvalue weighted by atomic mass is 16.5. The minimum absolute atomic E-state index is 0.151. The van der Waals surface area contributed by atoms with E-state index in [-0.39, 0.29) is 11.7 Å². The third-order valence-electron chi connectivity index (χ3n) is 3.98. The molecule has 0 radical (unpaired) electrons. The Balaban J connectivity index is 1.97. The van der Waals surface area contributed by atoms with Gasteiger partial charge in [-0.15, -0.1) is 0 Å². The SMILES string of the molecule is CC(O)C1CCOC2(CCCCC2)C1. The fourth-order valence-electron chi connectivity index (χ4n) is 3.02. The van der Waals surface area contributed by atoms with E-state index in [0.29, 0.717) is 5.92 Å². The lowest BCUT2D eigenvalue weighted by molar-refractivity contribution is -0.131. The van der Waals surface area contributed by atoms with Crippen LogP contribution in [0.4, 0.5) is 0 Å². The van der Waals surface area contributed by atoms with Gasteiger partial charge in [-0.1, -0.05) is 19.3 Å². The molecule has 82 valence electrons. The summed E-state index contributed by atoms with van der Waals surface area (Å²) in [6.45, 7) is 2.78. The van der Waals surface area contributed by atoms with E-state index in [1.165, 1.54) is 32.1 Å². The van der Waals surface area contributed by atoms with Crippen LogP contribution in [-0.2, 0) is 4.74 Å². The van der Waals surface area contributed by atoms with Gasteiger partial charge in [0.2, 0.25) is 0 Å². The van der Waals surface area contributed by atoms with Gasteiger partial charge in [0.25, 0.3) is 0 Å². The third-order valence-corrected chi connectivity index (χ3v) is 3.98. The topological polar surface area (TPSA) is 29.5 Å². The molecular formula is C12H22O2. The van der Waals surface area contributed by atoms with Crippen LogP contribution in [0.3, 0.4) is 0 Å². The van der Waals surface area contributed by atoms with E-state index < -0.39 is 0 Å². The molecule has 1 spiro atoms. The molecule has 0 aromatic rings. The Labute approximate surface area is 86.6 Å². The van der Waals surface area contributed by atoms with Gasteiger partial charge >= 0.3 is 0 Å². The van der Waals surface area contributed by atoms with Crippen molar-refractivity contribution in [1.82, 2.24) is 0 Å². The molecule has 1 saturated carbocycles. The highest BCUT2D eigenvalue weighted by Gasteiger charge is 2.39. The summed E-state index contributed by atoms with van der Waals surface area (Å²) < 4.78 is 5.98. The van der Waals surface area contributed by atoms with Crippen molar-refractivity contribution >= 4 is 0 Å². The zero-order valence-electron chi connectivity index (χ0n) is 9.17. The van der Waals surface area contributed by atoms with E-state index in [1.807, 2.05) is 6.92 Å². The molecule has 1 heterocycles. The highest BCUT2D eigenvalue weighted by molar-refractivity contribution is 4.90. The van der Waals surface area contributed by atoms with E-state index in [9.17, 15) is 5.11 Å². The van der Waals surface area contributed by atoms with Gasteiger partial charge in [-0.25, -0.2) is 0 Å². The van der Waals surface area contributed by atoms with Crippen molar-refractivity contribution in [1.29, 1.82) is 0 Å². The van der Waals surface area contributed by atoms with Crippen LogP contribution in [0.25, 0.3) is 0 Å². The van der Waals surface area contributed by atoms with Crippen LogP contribution in [0.5, 0.6) is 0 Å². The minimum Gasteiger partial charge on any atom is -0.393 e. The first-order valence-corrected chi connectivity index (χ1v) is 6.04. The van der Waals surface area contributed by atoms with Crippen molar-refractivity contribution < 1.29 is 9.84 Å². The van der Waals surface area contributed by atoms with Crippen LogP contribution < -0.4 is 0 Å². The van der Waals surface area contributed by atoms with Crippen molar-refractivity contribution in [3.05, 3.63) is 0 Å². The molecular weight excluding hydrogens is 176 g/mol. The summed E-state index contributed by atoms with van der Waals surface area (Å²) in [7, 11) is 0. The number of aliphatic hydroxyl groups excluding tert-OH is 1. The molecule has 0 bridgehead atoms. The summed E-state index contributed by atoms with van der Waals surface area (Å²) in [6.07, 6.45) is 8.40. The Morgan fingerprint density at radius 3 is 2.64 bits per heavy atom. The monoisotopic (exact) mass is 198 g/mol. The fraction of sp³-hybridized carbons (Fsp3) is 1.00. The third kappa shape index (κ3) is 2.12. The van der Waals surface area contributed by atoms with Crippen molar-refractivity contribution in [3.63, 3.8) is 0 Å². The van der Waals surface area contributed by atoms with Crippen molar-refractivity contribution in [3.8, 4) is 0 Å². The van der Waals surface area contributed by atoms with Gasteiger partial charge in [0.15, 0.2) is 0 Å². The number of ether oxygens (including phenoxy) is 1. The van der Waals surface area contributed by atoms with Crippen LogP contribution in [0.1, 0.15) is 51.9 Å². The maximum Gasteiger partial charge on any atom is 0.0686 e. The molecule has 1 N–H and O–H groups in total. The summed E-state index contributed by atoms with van der Waals surface area (Å²) in [5.41, 5.74) is 0.151. The average Bonchev–Trinajstić information content (AvgIpc) is 2.19. The molecule has 2 rings (SSSR count). The van der Waals surface area contributed by atoms with Gasteiger partial charge in [-0.3, -0.25) is 0 Å². The van der Waals surface area contributed by atoms with Crippen LogP contribution >= 0.6 is 0 Å². The lowest BCUT2D eigenvalue weighted by Crippen LogP contribution is -2.43. The molecule has 2 heteroatoms. The van der Waals surface area contributed by atoms with Crippen molar-refractivity contribution in [2.45, 2.75) is 63.6 Å². The zero-order chi connectivity index (χ0) is 10.0. The normalized spacial score (nSPS) is 34.3. The largest absolute Gasteiger partial charge is 0.393 e. The fourth-order valence-corrected chi connectivity index (χ4v) is 3.02. The Hall–Kier alpha value is -0.0800. The van der Waals surface area contributed by atoms with Gasteiger partial charge in [0.05, 0.1) is 11.7 Å². The molecule has 1 saturated heterocycles. The standard InChI is InChI=1S/C12H22O2/c1-10(13)11-5-8-14-12(9-11)6-3-2-4-7-12/h10-11,13H,2-9H2,1H3. The molecule has 2 nitrogen and oxygen atoms in total. The van der Waals surface area contributed by atoms with Crippen LogP contribution in [0, 0.1) is 5.92 Å². The smallest absolute Gasteiger partial charge is 0.0686 e. The number of aliphatic hydroxyl groups is 1. The average molecular weight is 198 g/mol. The number of hydrogen-bond donors (Lipinski definition) is 1. The molecule has 0 aromatic heterocycles. The maximum atomic E-state index is 9.64. The second-order valence-corrected chi connectivity index (χ2v) is 5.09. The Morgan fingerprint density at radius 1 is 1.29 bits per heavy atom. The van der Waals surface area contributed by atoms with Gasteiger partial charge < -0.3 is 9.84 Å². The number of hydrogen-bond acceptors (Lipinski definition) is 2. The second kappa shape index (κ2) is 4.19. The van der Waals surface area contributed by atoms with E-state index in [0.717, 1.165) is 19.4 Å². The van der Waals surface area contributed by atoms with Crippen molar-refractivity contribution in [2.24, 2.45) is 5.92 Å². The van der Waals surface area contributed by atoms with Crippen LogP contribution in [-0.4, -0.2) is 23.4 Å². The molecule has 0 aromatic carbocycles. The Morgan fingerprint density at radius 2 is 2.00 bits per heavy atom. The van der Waals surface area contributed by atoms with Crippen LogP contribution in [0.2, 0.25) is 0 Å². The first-order valence-electron chi connectivity index (χ1n) is 6.04. The highest BCUT2D eigenvalue weighted by Crippen LogP contribution is 2.41. The maximum absolute atomic E-state index is 9.64. The molecule has 2 atom stereocenters. The quantitative estimate of drug-likeness (QED) is 0.701. The minimum atomic E-state index is -0.155. The predicted molar refractivity (Wildman–Crippen MR) is 56.2 cm³/mol.